The zero-order valence-electron chi connectivity index (χ0n) is 45.9. The van der Waals surface area contributed by atoms with Crippen LogP contribution in [0.3, 0.4) is 0 Å². The number of hydrogen-bond donors (Lipinski definition) is 1. The predicted octanol–water partition coefficient (Wildman–Crippen LogP) is 8.92. The van der Waals surface area contributed by atoms with E-state index in [9.17, 15) is 24.3 Å². The van der Waals surface area contributed by atoms with Gasteiger partial charge in [-0.25, -0.2) is 0 Å². The van der Waals surface area contributed by atoms with Gasteiger partial charge in [-0.1, -0.05) is 121 Å². The maximum absolute atomic E-state index is 12.6. The smallest absolute Gasteiger partial charge is 0.261 e. The maximum atomic E-state index is 12.6. The number of aliphatic hydroxyl groups is 1. The molecule has 13 heteroatoms. The topological polar surface area (TPSA) is 114 Å². The van der Waals surface area contributed by atoms with E-state index in [0.717, 1.165) is 95.8 Å². The lowest BCUT2D eigenvalue weighted by Gasteiger charge is -2.34. The summed E-state index contributed by atoms with van der Waals surface area (Å²) < 4.78 is 0. The van der Waals surface area contributed by atoms with Gasteiger partial charge in [-0.3, -0.25) is 29.0 Å². The summed E-state index contributed by atoms with van der Waals surface area (Å²) in [6.07, 6.45) is -0.860. The Balaban J connectivity index is 0.000000125. The summed E-state index contributed by atoms with van der Waals surface area (Å²) in [4.78, 5) is 65.8. The zero-order valence-corrected chi connectivity index (χ0v) is 45.9. The van der Waals surface area contributed by atoms with E-state index in [1.54, 1.807) is 12.1 Å². The first-order chi connectivity index (χ1) is 37.1. The lowest BCUT2D eigenvalue weighted by atomic mass is 9.93. The highest BCUT2D eigenvalue weighted by atomic mass is 16.3. The first-order valence-electron chi connectivity index (χ1n) is 26.6. The predicted molar refractivity (Wildman–Crippen MR) is 310 cm³/mol. The van der Waals surface area contributed by atoms with E-state index < -0.39 is 6.23 Å². The molecule has 8 aromatic carbocycles. The van der Waals surface area contributed by atoms with E-state index in [-0.39, 0.29) is 23.6 Å². The fourth-order valence-corrected chi connectivity index (χ4v) is 10.8. The molecule has 0 aliphatic carbocycles. The summed E-state index contributed by atoms with van der Waals surface area (Å²) in [6.45, 7) is 9.13. The second kappa shape index (κ2) is 23.9. The van der Waals surface area contributed by atoms with E-state index in [1.807, 2.05) is 130 Å². The van der Waals surface area contributed by atoms with Gasteiger partial charge in [0.2, 0.25) is 0 Å². The third-order valence-corrected chi connectivity index (χ3v) is 14.8. The highest BCUT2D eigenvalue weighted by Gasteiger charge is 2.34. The Bertz CT molecular complexity index is 3380. The zero-order chi connectivity index (χ0) is 54.5. The van der Waals surface area contributed by atoms with Gasteiger partial charge in [-0.05, 0) is 130 Å². The average Bonchev–Trinajstić information content (AvgIpc) is 3.45. The number of benzene rings is 8. The minimum Gasteiger partial charge on any atom is -0.369 e. The Hall–Kier alpha value is -7.36. The van der Waals surface area contributed by atoms with Crippen LogP contribution in [0.25, 0.3) is 43.1 Å². The summed E-state index contributed by atoms with van der Waals surface area (Å²) in [5, 5.41) is 19.3. The largest absolute Gasteiger partial charge is 0.369 e. The van der Waals surface area contributed by atoms with Crippen molar-refractivity contribution < 1.29 is 24.3 Å². The highest BCUT2D eigenvalue weighted by Crippen LogP contribution is 2.36. The van der Waals surface area contributed by atoms with Gasteiger partial charge in [0.05, 0.1) is 0 Å². The van der Waals surface area contributed by atoms with Crippen LogP contribution in [0.4, 0.5) is 0 Å². The molecular formula is C64H72N8O5. The number of imide groups is 1. The maximum Gasteiger partial charge on any atom is 0.261 e. The monoisotopic (exact) mass is 1030 g/mol. The molecule has 0 aromatic heterocycles. The Labute approximate surface area is 453 Å². The Morgan fingerprint density at radius 1 is 0.390 bits per heavy atom. The first kappa shape index (κ1) is 54.4. The molecule has 8 aromatic rings. The van der Waals surface area contributed by atoms with E-state index in [1.165, 1.54) is 37.3 Å². The molecule has 0 saturated carbocycles. The lowest BCUT2D eigenvalue weighted by Crippen LogP contribution is -2.43. The molecule has 0 radical (unpaired) electrons. The molecule has 4 aliphatic rings. The molecule has 0 saturated heterocycles. The molecule has 0 spiro atoms. The van der Waals surface area contributed by atoms with E-state index >= 15 is 0 Å². The molecule has 4 amide bonds. The fraction of sp³-hybridized carbons (Fsp3) is 0.312. The van der Waals surface area contributed by atoms with Gasteiger partial charge in [-0.2, -0.15) is 0 Å². The van der Waals surface area contributed by atoms with Crippen molar-refractivity contribution in [3.05, 3.63) is 190 Å². The molecule has 12 rings (SSSR count). The van der Waals surface area contributed by atoms with Crippen LogP contribution < -0.4 is 0 Å². The summed E-state index contributed by atoms with van der Waals surface area (Å²) in [6, 6.07) is 48.2. The lowest BCUT2D eigenvalue weighted by molar-refractivity contribution is 0.00276. The van der Waals surface area contributed by atoms with Crippen LogP contribution in [0.2, 0.25) is 0 Å². The Kier molecular flexibility index (Phi) is 16.9. The molecule has 4 heterocycles. The Morgan fingerprint density at radius 3 is 1.27 bits per heavy atom. The van der Waals surface area contributed by atoms with Crippen molar-refractivity contribution in [2.45, 2.75) is 25.9 Å². The number of likely N-dealkylation sites (N-methyl/N-ethyl adjacent to an activating group) is 4. The minimum absolute atomic E-state index is 0.0938. The van der Waals surface area contributed by atoms with Gasteiger partial charge < -0.3 is 34.5 Å². The quantitative estimate of drug-likeness (QED) is 0.119. The molecule has 4 aliphatic heterocycles. The number of carbonyl (C=O) groups excluding carboxylic acids is 4. The third-order valence-electron chi connectivity index (χ3n) is 14.8. The highest BCUT2D eigenvalue weighted by molar-refractivity contribution is 6.25. The standard InChI is InChI=1S/C16H18N2O2.C16H16N2O2.C16H18N2O.C16H20N2/c2*1-17(2)9-10-18-15(19)12-7-3-5-11-6-4-8-13(14(11)12)16(18)20;1-17(2)9-10-18-11-13-7-3-5-12-6-4-8-14(15(12)13)16(18)19;1-17(2)9-10-18-11-14-7-3-5-13-6-4-8-15(12-18)16(13)14/h3-8,15,19H,9-10H2,1-2H3;3-8H,9-10H2,1-2H3;3-8H,9-11H2,1-2H3;3-8H,9-12H2,1-2H3. The number of amides is 4. The molecule has 1 atom stereocenters. The van der Waals surface area contributed by atoms with Gasteiger partial charge in [0.25, 0.3) is 23.6 Å². The van der Waals surface area contributed by atoms with Crippen molar-refractivity contribution in [1.82, 2.24) is 39.2 Å². The van der Waals surface area contributed by atoms with Crippen LogP contribution in [0, 0.1) is 0 Å². The SMILES string of the molecule is CN(C)CCN1C(=O)c2cccc3cccc(c23)C1=O.CN(C)CCN1C(=O)c2cccc3cccc(c23)C1O.CN(C)CCN1Cc2cccc3cccc(c23)C1.CN(C)CCN1Cc2cccc3cccc(c23)C1=O. The summed E-state index contributed by atoms with van der Waals surface area (Å²) >= 11 is 0. The molecule has 0 fully saturated rings. The van der Waals surface area contributed by atoms with Crippen molar-refractivity contribution in [2.24, 2.45) is 0 Å². The second-order valence-electron chi connectivity index (χ2n) is 21.5. The van der Waals surface area contributed by atoms with Gasteiger partial charge in [-0.15, -0.1) is 0 Å². The van der Waals surface area contributed by atoms with Crippen LogP contribution in [0.1, 0.15) is 69.9 Å². The van der Waals surface area contributed by atoms with Crippen molar-refractivity contribution in [2.75, 3.05) is 109 Å². The number of nitrogens with zero attached hydrogens (tertiary/aromatic N) is 8. The van der Waals surface area contributed by atoms with Gasteiger partial charge >= 0.3 is 0 Å². The molecule has 1 unspecified atom stereocenters. The first-order valence-corrected chi connectivity index (χ1v) is 26.6. The summed E-state index contributed by atoms with van der Waals surface area (Å²) in [5.41, 5.74) is 7.80. The number of aliphatic hydroxyl groups excluding tert-OH is 1. The second-order valence-corrected chi connectivity index (χ2v) is 21.5. The van der Waals surface area contributed by atoms with Crippen LogP contribution in [-0.2, 0) is 19.6 Å². The van der Waals surface area contributed by atoms with Crippen molar-refractivity contribution in [3.8, 4) is 0 Å². The van der Waals surface area contributed by atoms with Gasteiger partial charge in [0, 0.05) is 111 Å². The van der Waals surface area contributed by atoms with Crippen LogP contribution in [0.5, 0.6) is 0 Å². The molecule has 1 N–H and O–H groups in total. The number of rotatable bonds is 12. The fourth-order valence-electron chi connectivity index (χ4n) is 10.8. The summed E-state index contributed by atoms with van der Waals surface area (Å²) in [5.74, 6) is -0.322. The molecule has 0 bridgehead atoms. The van der Waals surface area contributed by atoms with Crippen molar-refractivity contribution >= 4 is 66.7 Å². The van der Waals surface area contributed by atoms with Gasteiger partial charge in [0.1, 0.15) is 0 Å². The summed E-state index contributed by atoms with van der Waals surface area (Å²) in [7, 11) is 16.1. The van der Waals surface area contributed by atoms with Crippen molar-refractivity contribution in [3.63, 3.8) is 0 Å². The molecular weight excluding hydrogens is 961 g/mol. The average molecular weight is 1030 g/mol. The Morgan fingerprint density at radius 2 is 0.766 bits per heavy atom. The van der Waals surface area contributed by atoms with E-state index in [2.05, 4.69) is 89.5 Å². The number of carbonyl (C=O) groups is 4. The third kappa shape index (κ3) is 11.8. The van der Waals surface area contributed by atoms with Crippen LogP contribution in [-0.4, -0.2) is 177 Å². The van der Waals surface area contributed by atoms with Crippen LogP contribution in [0.15, 0.2) is 146 Å². The molecule has 77 heavy (non-hydrogen) atoms. The van der Waals surface area contributed by atoms with E-state index in [0.29, 0.717) is 36.3 Å². The van der Waals surface area contributed by atoms with Gasteiger partial charge in [0.15, 0.2) is 6.23 Å². The molecule has 13 nitrogen and oxygen atoms in total. The van der Waals surface area contributed by atoms with E-state index in [4.69, 9.17) is 0 Å². The molecule has 398 valence electrons. The van der Waals surface area contributed by atoms with Crippen molar-refractivity contribution in [1.29, 1.82) is 0 Å². The number of hydrogen-bond acceptors (Lipinski definition) is 10. The normalized spacial score (nSPS) is 15.6. The van der Waals surface area contributed by atoms with Crippen LogP contribution >= 0.6 is 0 Å². The minimum atomic E-state index is -0.860.